The summed E-state index contributed by atoms with van der Waals surface area (Å²) in [5.74, 6) is 0.906. The summed E-state index contributed by atoms with van der Waals surface area (Å²) in [5.41, 5.74) is -0.616. The zero-order valence-electron chi connectivity index (χ0n) is 11.1. The summed E-state index contributed by atoms with van der Waals surface area (Å²) in [6, 6.07) is -0.847. The van der Waals surface area contributed by atoms with Gasteiger partial charge in [0.1, 0.15) is 11.6 Å². The standard InChI is InChI=1S/C12H21NO4S/c1-12(2,3)17-11(16)13-9(10(14)15)8-4-6-18-7-5-8/h8-9H,4-7H2,1-3H3,(H,13,16)(H,14,15). The molecule has 0 aromatic heterocycles. The Kier molecular flexibility index (Phi) is 5.31. The summed E-state index contributed by atoms with van der Waals surface area (Å²) in [7, 11) is 0. The molecular weight excluding hydrogens is 254 g/mol. The number of ether oxygens (including phenoxy) is 1. The lowest BCUT2D eigenvalue weighted by molar-refractivity contribution is -0.141. The van der Waals surface area contributed by atoms with Gasteiger partial charge in [0.25, 0.3) is 0 Å². The van der Waals surface area contributed by atoms with Crippen LogP contribution in [-0.4, -0.2) is 40.3 Å². The molecule has 1 fully saturated rings. The smallest absolute Gasteiger partial charge is 0.408 e. The Labute approximate surface area is 112 Å². The Morgan fingerprint density at radius 2 is 1.89 bits per heavy atom. The largest absolute Gasteiger partial charge is 0.480 e. The molecule has 1 rings (SSSR count). The highest BCUT2D eigenvalue weighted by atomic mass is 32.2. The lowest BCUT2D eigenvalue weighted by Crippen LogP contribution is -2.48. The molecule has 1 aliphatic heterocycles. The lowest BCUT2D eigenvalue weighted by Gasteiger charge is -2.29. The molecule has 1 amide bonds. The van der Waals surface area contributed by atoms with E-state index in [1.165, 1.54) is 0 Å². The molecule has 2 N–H and O–H groups in total. The van der Waals surface area contributed by atoms with E-state index >= 15 is 0 Å². The minimum absolute atomic E-state index is 0.00346. The normalized spacial score (nSPS) is 19.1. The fourth-order valence-electron chi connectivity index (χ4n) is 1.86. The third-order valence-corrected chi connectivity index (χ3v) is 3.72. The molecule has 0 aliphatic carbocycles. The van der Waals surface area contributed by atoms with Crippen molar-refractivity contribution in [3.63, 3.8) is 0 Å². The first kappa shape index (κ1) is 15.1. The molecule has 1 aliphatic rings. The lowest BCUT2D eigenvalue weighted by atomic mass is 9.94. The number of carboxylic acids is 1. The van der Waals surface area contributed by atoms with Crippen molar-refractivity contribution in [3.8, 4) is 0 Å². The van der Waals surface area contributed by atoms with E-state index < -0.39 is 23.7 Å². The summed E-state index contributed by atoms with van der Waals surface area (Å²) in [5, 5.41) is 11.7. The van der Waals surface area contributed by atoms with Crippen LogP contribution in [0.3, 0.4) is 0 Å². The first-order chi connectivity index (χ1) is 8.29. The molecule has 0 bridgehead atoms. The second kappa shape index (κ2) is 6.31. The Balaban J connectivity index is 2.57. The average Bonchev–Trinajstić information content (AvgIpc) is 2.24. The Morgan fingerprint density at radius 3 is 2.33 bits per heavy atom. The molecule has 1 heterocycles. The SMILES string of the molecule is CC(C)(C)OC(=O)NC(C(=O)O)C1CCSCC1. The van der Waals surface area contributed by atoms with Crippen LogP contribution in [0.4, 0.5) is 4.79 Å². The van der Waals surface area contributed by atoms with Crippen LogP contribution in [-0.2, 0) is 9.53 Å². The van der Waals surface area contributed by atoms with Gasteiger partial charge in [-0.05, 0) is 51.0 Å². The highest BCUT2D eigenvalue weighted by Crippen LogP contribution is 2.25. The number of alkyl carbamates (subject to hydrolysis) is 1. The molecule has 0 spiro atoms. The maximum absolute atomic E-state index is 11.6. The van der Waals surface area contributed by atoms with E-state index in [4.69, 9.17) is 4.74 Å². The summed E-state index contributed by atoms with van der Waals surface area (Å²) in [4.78, 5) is 22.8. The average molecular weight is 275 g/mol. The number of hydrogen-bond donors (Lipinski definition) is 2. The molecule has 1 unspecified atom stereocenters. The zero-order chi connectivity index (χ0) is 13.8. The number of carbonyl (C=O) groups is 2. The monoisotopic (exact) mass is 275 g/mol. The van der Waals surface area contributed by atoms with E-state index in [9.17, 15) is 14.7 Å². The quantitative estimate of drug-likeness (QED) is 0.825. The van der Waals surface area contributed by atoms with Crippen molar-refractivity contribution < 1.29 is 19.4 Å². The van der Waals surface area contributed by atoms with Gasteiger partial charge in [-0.2, -0.15) is 11.8 Å². The summed E-state index contributed by atoms with van der Waals surface area (Å²) in [6.45, 7) is 5.25. The van der Waals surface area contributed by atoms with Crippen LogP contribution in [0.25, 0.3) is 0 Å². The van der Waals surface area contributed by atoms with Gasteiger partial charge < -0.3 is 15.2 Å². The summed E-state index contributed by atoms with van der Waals surface area (Å²) in [6.07, 6.45) is 0.975. The Hall–Kier alpha value is -0.910. The molecule has 5 nitrogen and oxygen atoms in total. The van der Waals surface area contributed by atoms with Crippen molar-refractivity contribution in [2.24, 2.45) is 5.92 Å². The van der Waals surface area contributed by atoms with Crippen LogP contribution in [0.15, 0.2) is 0 Å². The molecule has 0 radical (unpaired) electrons. The van der Waals surface area contributed by atoms with Crippen molar-refractivity contribution in [2.45, 2.75) is 45.3 Å². The van der Waals surface area contributed by atoms with Crippen LogP contribution >= 0.6 is 11.8 Å². The number of rotatable bonds is 3. The molecule has 6 heteroatoms. The molecule has 1 saturated heterocycles. The molecule has 1 atom stereocenters. The predicted molar refractivity (Wildman–Crippen MR) is 70.8 cm³/mol. The topological polar surface area (TPSA) is 75.6 Å². The van der Waals surface area contributed by atoms with Gasteiger partial charge in [-0.15, -0.1) is 0 Å². The van der Waals surface area contributed by atoms with Crippen molar-refractivity contribution in [1.82, 2.24) is 5.32 Å². The van der Waals surface area contributed by atoms with E-state index in [1.807, 2.05) is 11.8 Å². The number of aliphatic carboxylic acids is 1. The zero-order valence-corrected chi connectivity index (χ0v) is 11.9. The Bertz CT molecular complexity index is 308. The van der Waals surface area contributed by atoms with E-state index in [-0.39, 0.29) is 5.92 Å². The van der Waals surface area contributed by atoms with Gasteiger partial charge in [0.15, 0.2) is 0 Å². The van der Waals surface area contributed by atoms with Gasteiger partial charge in [-0.1, -0.05) is 0 Å². The van der Waals surface area contributed by atoms with Gasteiger partial charge in [0.05, 0.1) is 0 Å². The fraction of sp³-hybridized carbons (Fsp3) is 0.833. The van der Waals surface area contributed by atoms with E-state index in [0.29, 0.717) is 0 Å². The van der Waals surface area contributed by atoms with Gasteiger partial charge >= 0.3 is 12.1 Å². The van der Waals surface area contributed by atoms with Crippen LogP contribution in [0, 0.1) is 5.92 Å². The van der Waals surface area contributed by atoms with Crippen molar-refractivity contribution in [1.29, 1.82) is 0 Å². The minimum Gasteiger partial charge on any atom is -0.480 e. The van der Waals surface area contributed by atoms with Gasteiger partial charge in [0, 0.05) is 0 Å². The highest BCUT2D eigenvalue weighted by Gasteiger charge is 2.32. The predicted octanol–water partition coefficient (Wildman–Crippen LogP) is 2.11. The second-order valence-corrected chi connectivity index (χ2v) is 6.64. The third kappa shape index (κ3) is 5.16. The number of carboxylic acid groups (broad SMARTS) is 1. The summed E-state index contributed by atoms with van der Waals surface area (Å²) < 4.78 is 5.09. The number of thioether (sulfide) groups is 1. The maximum atomic E-state index is 11.6. The molecule has 0 saturated carbocycles. The van der Waals surface area contributed by atoms with Crippen LogP contribution in [0.2, 0.25) is 0 Å². The van der Waals surface area contributed by atoms with Crippen molar-refractivity contribution in [3.05, 3.63) is 0 Å². The summed E-state index contributed by atoms with van der Waals surface area (Å²) >= 11 is 1.82. The molecule has 0 aromatic rings. The van der Waals surface area contributed by atoms with Crippen molar-refractivity contribution in [2.75, 3.05) is 11.5 Å². The van der Waals surface area contributed by atoms with Gasteiger partial charge in [-0.3, -0.25) is 0 Å². The fourth-order valence-corrected chi connectivity index (χ4v) is 3.01. The first-order valence-corrected chi connectivity index (χ1v) is 7.25. The number of amides is 1. The first-order valence-electron chi connectivity index (χ1n) is 6.09. The molecule has 18 heavy (non-hydrogen) atoms. The Morgan fingerprint density at radius 1 is 1.33 bits per heavy atom. The molecular formula is C12H21NO4S. The van der Waals surface area contributed by atoms with Gasteiger partial charge in [-0.25, -0.2) is 9.59 Å². The van der Waals surface area contributed by atoms with E-state index in [2.05, 4.69) is 5.32 Å². The number of nitrogens with one attached hydrogen (secondary N) is 1. The highest BCUT2D eigenvalue weighted by molar-refractivity contribution is 7.99. The van der Waals surface area contributed by atoms with E-state index in [0.717, 1.165) is 24.3 Å². The number of hydrogen-bond acceptors (Lipinski definition) is 4. The van der Waals surface area contributed by atoms with Crippen LogP contribution < -0.4 is 5.32 Å². The number of carbonyl (C=O) groups excluding carboxylic acids is 1. The van der Waals surface area contributed by atoms with Crippen molar-refractivity contribution >= 4 is 23.8 Å². The van der Waals surface area contributed by atoms with Crippen LogP contribution in [0.5, 0.6) is 0 Å². The van der Waals surface area contributed by atoms with Gasteiger partial charge in [0.2, 0.25) is 0 Å². The third-order valence-electron chi connectivity index (χ3n) is 2.68. The second-order valence-electron chi connectivity index (χ2n) is 5.41. The molecule has 104 valence electrons. The van der Waals surface area contributed by atoms with Crippen LogP contribution in [0.1, 0.15) is 33.6 Å². The minimum atomic E-state index is -0.988. The molecule has 0 aromatic carbocycles. The van der Waals surface area contributed by atoms with E-state index in [1.54, 1.807) is 20.8 Å². The maximum Gasteiger partial charge on any atom is 0.408 e.